The Bertz CT molecular complexity index is 678. The van der Waals surface area contributed by atoms with Crippen LogP contribution in [-0.2, 0) is 6.42 Å². The van der Waals surface area contributed by atoms with Crippen LogP contribution in [0.5, 0.6) is 5.75 Å². The van der Waals surface area contributed by atoms with Crippen molar-refractivity contribution in [2.24, 2.45) is 5.73 Å². The van der Waals surface area contributed by atoms with Crippen LogP contribution in [0.1, 0.15) is 24.1 Å². The predicted octanol–water partition coefficient (Wildman–Crippen LogP) is 4.23. The van der Waals surface area contributed by atoms with Crippen molar-refractivity contribution in [2.45, 2.75) is 19.4 Å². The van der Waals surface area contributed by atoms with Crippen LogP contribution in [0.15, 0.2) is 66.4 Å². The van der Waals surface area contributed by atoms with Gasteiger partial charge in [-0.1, -0.05) is 67.1 Å². The first-order valence-corrected chi connectivity index (χ1v) is 7.99. The fraction of sp³-hybridized carbons (Fsp3) is 0.250. The molecule has 0 aliphatic carbocycles. The van der Waals surface area contributed by atoms with Crippen molar-refractivity contribution in [3.05, 3.63) is 82.8 Å². The number of nitrogens with zero attached hydrogens (tertiary/aromatic N) is 1. The Kier molecular flexibility index (Phi) is 6.58. The van der Waals surface area contributed by atoms with E-state index in [1.54, 1.807) is 13.2 Å². The van der Waals surface area contributed by atoms with Crippen LogP contribution in [0.3, 0.4) is 0 Å². The number of hydrogen-bond donors (Lipinski definition) is 2. The van der Waals surface area contributed by atoms with E-state index < -0.39 is 0 Å². The van der Waals surface area contributed by atoms with Gasteiger partial charge in [0.25, 0.3) is 0 Å². The molecule has 0 radical (unpaired) electrons. The average molecular weight is 322 g/mol. The number of allylic oxidation sites excluding steroid dienone is 1. The lowest BCUT2D eigenvalue weighted by atomic mass is 10.0. The summed E-state index contributed by atoms with van der Waals surface area (Å²) in [6, 6.07) is 18.1. The van der Waals surface area contributed by atoms with Crippen molar-refractivity contribution in [3.63, 3.8) is 0 Å². The lowest BCUT2D eigenvalue weighted by Gasteiger charge is -2.33. The summed E-state index contributed by atoms with van der Waals surface area (Å²) in [6.07, 6.45) is 2.42. The van der Waals surface area contributed by atoms with Crippen LogP contribution < -0.4 is 10.5 Å². The molecule has 0 saturated heterocycles. The molecule has 0 aromatic heterocycles. The molecule has 0 saturated carbocycles. The summed E-state index contributed by atoms with van der Waals surface area (Å²) >= 11 is 0. The van der Waals surface area contributed by atoms with Gasteiger partial charge in [-0.3, -0.25) is 0 Å². The Balaban J connectivity index is 2.15. The molecular weight excluding hydrogens is 298 g/mol. The third-order valence-electron chi connectivity index (χ3n) is 3.75. The van der Waals surface area contributed by atoms with E-state index in [0.717, 1.165) is 22.6 Å². The molecule has 0 heterocycles. The molecule has 2 aromatic rings. The van der Waals surface area contributed by atoms with Gasteiger partial charge >= 0.3 is 0 Å². The molecule has 0 aliphatic rings. The minimum absolute atomic E-state index is 0.0290. The van der Waals surface area contributed by atoms with E-state index in [1.807, 2.05) is 42.5 Å². The van der Waals surface area contributed by atoms with Crippen LogP contribution >= 0.6 is 0 Å². The summed E-state index contributed by atoms with van der Waals surface area (Å²) in [5.41, 5.74) is 9.07. The first kappa shape index (κ1) is 17.8. The van der Waals surface area contributed by atoms with E-state index >= 15 is 0 Å². The van der Waals surface area contributed by atoms with E-state index in [0.29, 0.717) is 12.1 Å². The molecule has 2 aromatic carbocycles. The molecule has 0 fully saturated rings. The molecule has 4 nitrogen and oxygen atoms in total. The maximum atomic E-state index is 7.87. The van der Waals surface area contributed by atoms with Crippen LogP contribution in [0, 0.1) is 5.41 Å². The SMILES string of the molecule is COc1ccc(C/C(=C/C(=N)CN)[N-]C(C)c2ccccc2)cc1. The first-order valence-electron chi connectivity index (χ1n) is 7.99. The number of benzene rings is 2. The second-order valence-electron chi connectivity index (χ2n) is 5.61. The summed E-state index contributed by atoms with van der Waals surface area (Å²) in [5, 5.41) is 12.7. The number of rotatable bonds is 8. The monoisotopic (exact) mass is 322 g/mol. The highest BCUT2D eigenvalue weighted by Gasteiger charge is 2.00. The fourth-order valence-corrected chi connectivity index (χ4v) is 2.40. The van der Waals surface area contributed by atoms with E-state index in [2.05, 4.69) is 19.1 Å². The standard InChI is InChI=1S/C20H24N3O/c1-15(17-6-4-3-5-7-17)23-19(13-18(22)14-21)12-16-8-10-20(24-2)11-9-16/h3-11,13,15,22H,12,14,21H2,1-2H3/q-1/b19-13-,22-18?. The van der Waals surface area contributed by atoms with E-state index in [4.69, 9.17) is 21.2 Å². The van der Waals surface area contributed by atoms with Gasteiger partial charge in [0.05, 0.1) is 7.11 Å². The Hall–Kier alpha value is -2.59. The van der Waals surface area contributed by atoms with Crippen molar-refractivity contribution in [2.75, 3.05) is 13.7 Å². The largest absolute Gasteiger partial charge is 0.681 e. The molecule has 2 rings (SSSR count). The lowest BCUT2D eigenvalue weighted by molar-refractivity contribution is 0.414. The van der Waals surface area contributed by atoms with Crippen molar-refractivity contribution in [3.8, 4) is 5.75 Å². The topological polar surface area (TPSA) is 73.2 Å². The third kappa shape index (κ3) is 5.25. The smallest absolute Gasteiger partial charge is 0.118 e. The zero-order chi connectivity index (χ0) is 17.4. The maximum absolute atomic E-state index is 7.87. The molecule has 4 heteroatoms. The maximum Gasteiger partial charge on any atom is 0.118 e. The zero-order valence-electron chi connectivity index (χ0n) is 14.2. The summed E-state index contributed by atoms with van der Waals surface area (Å²) in [5.74, 6) is 0.827. The van der Waals surface area contributed by atoms with Gasteiger partial charge < -0.3 is 21.2 Å². The highest BCUT2D eigenvalue weighted by molar-refractivity contribution is 5.94. The van der Waals surface area contributed by atoms with Crippen molar-refractivity contribution in [1.82, 2.24) is 0 Å². The minimum atomic E-state index is 0.0290. The number of ether oxygens (including phenoxy) is 1. The molecule has 0 spiro atoms. The van der Waals surface area contributed by atoms with E-state index in [-0.39, 0.29) is 12.6 Å². The van der Waals surface area contributed by atoms with Crippen LogP contribution in [0.2, 0.25) is 0 Å². The number of nitrogens with two attached hydrogens (primary N) is 1. The molecule has 0 bridgehead atoms. The van der Waals surface area contributed by atoms with Crippen LogP contribution in [-0.4, -0.2) is 19.4 Å². The Labute approximate surface area is 143 Å². The molecule has 126 valence electrons. The molecule has 1 unspecified atom stereocenters. The van der Waals surface area contributed by atoms with Crippen LogP contribution in [0.25, 0.3) is 5.32 Å². The molecule has 0 aliphatic heterocycles. The molecule has 1 atom stereocenters. The van der Waals surface area contributed by atoms with E-state index in [1.165, 1.54) is 0 Å². The van der Waals surface area contributed by atoms with Crippen molar-refractivity contribution >= 4 is 5.71 Å². The van der Waals surface area contributed by atoms with Crippen LogP contribution in [0.4, 0.5) is 0 Å². The van der Waals surface area contributed by atoms with Crippen molar-refractivity contribution in [1.29, 1.82) is 5.41 Å². The average Bonchev–Trinajstić information content (AvgIpc) is 2.62. The minimum Gasteiger partial charge on any atom is -0.681 e. The van der Waals surface area contributed by atoms with E-state index in [9.17, 15) is 0 Å². The second-order valence-corrected chi connectivity index (χ2v) is 5.61. The van der Waals surface area contributed by atoms with Crippen molar-refractivity contribution < 1.29 is 4.74 Å². The number of methoxy groups -OCH3 is 1. The zero-order valence-corrected chi connectivity index (χ0v) is 14.2. The summed E-state index contributed by atoms with van der Waals surface area (Å²) in [7, 11) is 1.65. The Morgan fingerprint density at radius 2 is 1.83 bits per heavy atom. The van der Waals surface area contributed by atoms with Gasteiger partial charge in [-0.25, -0.2) is 0 Å². The predicted molar refractivity (Wildman–Crippen MR) is 99.8 cm³/mol. The van der Waals surface area contributed by atoms with Gasteiger partial charge in [-0.15, -0.1) is 0 Å². The highest BCUT2D eigenvalue weighted by Crippen LogP contribution is 2.28. The molecule has 0 amide bonds. The van der Waals surface area contributed by atoms with Gasteiger partial charge in [0.15, 0.2) is 0 Å². The summed E-state index contributed by atoms with van der Waals surface area (Å²) in [6.45, 7) is 2.27. The number of nitrogens with one attached hydrogen (secondary N) is 1. The molecule has 3 N–H and O–H groups in total. The highest BCUT2D eigenvalue weighted by atomic mass is 16.5. The third-order valence-corrected chi connectivity index (χ3v) is 3.75. The van der Waals surface area contributed by atoms with Gasteiger partial charge in [0, 0.05) is 12.3 Å². The Morgan fingerprint density at radius 1 is 1.17 bits per heavy atom. The Morgan fingerprint density at radius 3 is 2.42 bits per heavy atom. The molecule has 24 heavy (non-hydrogen) atoms. The second kappa shape index (κ2) is 8.89. The fourth-order valence-electron chi connectivity index (χ4n) is 2.40. The van der Waals surface area contributed by atoms with Gasteiger partial charge in [-0.05, 0) is 24.1 Å². The normalized spacial score (nSPS) is 12.5. The summed E-state index contributed by atoms with van der Waals surface area (Å²) in [4.78, 5) is 0. The lowest BCUT2D eigenvalue weighted by Crippen LogP contribution is -2.11. The van der Waals surface area contributed by atoms with Gasteiger partial charge in [0.1, 0.15) is 5.75 Å². The summed E-state index contributed by atoms with van der Waals surface area (Å²) < 4.78 is 5.19. The van der Waals surface area contributed by atoms with Gasteiger partial charge in [0.2, 0.25) is 0 Å². The number of hydrogen-bond acceptors (Lipinski definition) is 3. The quantitative estimate of drug-likeness (QED) is 0.714. The first-order chi connectivity index (χ1) is 11.6. The van der Waals surface area contributed by atoms with Gasteiger partial charge in [-0.2, -0.15) is 5.70 Å². The molecular formula is C20H24N3O-.